The average molecular weight is 193 g/mol. The molecule has 14 heavy (non-hydrogen) atoms. The van der Waals surface area contributed by atoms with Crippen LogP contribution < -0.4 is 5.73 Å². The van der Waals surface area contributed by atoms with Gasteiger partial charge in [0, 0.05) is 5.69 Å². The summed E-state index contributed by atoms with van der Waals surface area (Å²) in [5, 5.41) is 0. The van der Waals surface area contributed by atoms with Gasteiger partial charge in [-0.1, -0.05) is 19.1 Å². The van der Waals surface area contributed by atoms with Crippen molar-refractivity contribution in [1.82, 2.24) is 0 Å². The van der Waals surface area contributed by atoms with Gasteiger partial charge in [0.05, 0.1) is 13.0 Å². The summed E-state index contributed by atoms with van der Waals surface area (Å²) in [6, 6.07) is 7.52. The number of hydrogen-bond acceptors (Lipinski definition) is 3. The monoisotopic (exact) mass is 193 g/mol. The van der Waals surface area contributed by atoms with E-state index in [9.17, 15) is 4.79 Å². The fourth-order valence-corrected chi connectivity index (χ4v) is 1.29. The van der Waals surface area contributed by atoms with Gasteiger partial charge in [-0.15, -0.1) is 0 Å². The molecular weight excluding hydrogens is 178 g/mol. The van der Waals surface area contributed by atoms with Crippen LogP contribution in [0.4, 0.5) is 5.69 Å². The van der Waals surface area contributed by atoms with Crippen molar-refractivity contribution in [1.29, 1.82) is 0 Å². The number of rotatable bonds is 3. The van der Waals surface area contributed by atoms with Crippen LogP contribution in [0, 0.1) is 5.92 Å². The normalized spacial score (nSPS) is 12.1. The first-order chi connectivity index (χ1) is 6.63. The Morgan fingerprint density at radius 3 is 2.50 bits per heavy atom. The minimum atomic E-state index is -0.179. The molecule has 0 saturated carbocycles. The Bertz CT molecular complexity index is 306. The fourth-order valence-electron chi connectivity index (χ4n) is 1.29. The van der Waals surface area contributed by atoms with Crippen LogP contribution >= 0.6 is 0 Å². The number of hydrogen-bond donors (Lipinski definition) is 1. The topological polar surface area (TPSA) is 52.3 Å². The lowest BCUT2D eigenvalue weighted by Gasteiger charge is -2.08. The molecule has 1 atom stereocenters. The van der Waals surface area contributed by atoms with Gasteiger partial charge in [-0.05, 0) is 24.1 Å². The van der Waals surface area contributed by atoms with Crippen molar-refractivity contribution in [2.45, 2.75) is 13.3 Å². The molecule has 0 fully saturated rings. The van der Waals surface area contributed by atoms with Crippen molar-refractivity contribution in [2.24, 2.45) is 5.92 Å². The van der Waals surface area contributed by atoms with Gasteiger partial charge >= 0.3 is 5.97 Å². The first-order valence-corrected chi connectivity index (χ1v) is 4.55. The first kappa shape index (κ1) is 10.6. The molecule has 0 bridgehead atoms. The van der Waals surface area contributed by atoms with E-state index in [1.165, 1.54) is 7.11 Å². The van der Waals surface area contributed by atoms with Crippen molar-refractivity contribution in [2.75, 3.05) is 12.8 Å². The van der Waals surface area contributed by atoms with Crippen LogP contribution in [0.25, 0.3) is 0 Å². The summed E-state index contributed by atoms with van der Waals surface area (Å²) in [5.74, 6) is -0.287. The van der Waals surface area contributed by atoms with Crippen LogP contribution in [0.3, 0.4) is 0 Å². The van der Waals surface area contributed by atoms with Gasteiger partial charge in [-0.2, -0.15) is 0 Å². The van der Waals surface area contributed by atoms with E-state index in [-0.39, 0.29) is 11.9 Å². The molecule has 0 amide bonds. The number of ether oxygens (including phenoxy) is 1. The molecule has 1 aromatic rings. The third-order valence-electron chi connectivity index (χ3n) is 2.13. The smallest absolute Gasteiger partial charge is 0.308 e. The van der Waals surface area contributed by atoms with Crippen LogP contribution in [-0.2, 0) is 16.0 Å². The van der Waals surface area contributed by atoms with Crippen molar-refractivity contribution < 1.29 is 9.53 Å². The fraction of sp³-hybridized carbons (Fsp3) is 0.364. The highest BCUT2D eigenvalue weighted by molar-refractivity contribution is 5.72. The number of esters is 1. The molecule has 76 valence electrons. The molecule has 2 N–H and O–H groups in total. The third-order valence-corrected chi connectivity index (χ3v) is 2.13. The third kappa shape index (κ3) is 2.76. The van der Waals surface area contributed by atoms with Crippen LogP contribution in [0.5, 0.6) is 0 Å². The SMILES string of the molecule is COC(=O)[C@@H](C)Cc1ccc(N)cc1. The lowest BCUT2D eigenvalue weighted by Crippen LogP contribution is -2.15. The quantitative estimate of drug-likeness (QED) is 0.586. The molecule has 1 aromatic carbocycles. The van der Waals surface area contributed by atoms with Crippen molar-refractivity contribution in [3.05, 3.63) is 29.8 Å². The number of nitrogens with two attached hydrogens (primary N) is 1. The maximum Gasteiger partial charge on any atom is 0.308 e. The zero-order valence-electron chi connectivity index (χ0n) is 8.49. The second-order valence-electron chi connectivity index (χ2n) is 3.37. The molecule has 3 heteroatoms. The van der Waals surface area contributed by atoms with E-state index in [4.69, 9.17) is 5.73 Å². The Labute approximate surface area is 83.9 Å². The Morgan fingerprint density at radius 1 is 1.43 bits per heavy atom. The highest BCUT2D eigenvalue weighted by Crippen LogP contribution is 2.11. The van der Waals surface area contributed by atoms with Gasteiger partial charge in [-0.3, -0.25) is 4.79 Å². The number of methoxy groups -OCH3 is 1. The Morgan fingerprint density at radius 2 is 2.00 bits per heavy atom. The van der Waals surface area contributed by atoms with Gasteiger partial charge in [0.1, 0.15) is 0 Å². The second kappa shape index (κ2) is 4.65. The van der Waals surface area contributed by atoms with Crippen LogP contribution in [0.1, 0.15) is 12.5 Å². The second-order valence-corrected chi connectivity index (χ2v) is 3.37. The number of benzene rings is 1. The number of anilines is 1. The minimum absolute atomic E-state index is 0.108. The Kier molecular flexibility index (Phi) is 3.51. The van der Waals surface area contributed by atoms with Gasteiger partial charge in [-0.25, -0.2) is 0 Å². The first-order valence-electron chi connectivity index (χ1n) is 4.55. The lowest BCUT2D eigenvalue weighted by atomic mass is 10.0. The maximum absolute atomic E-state index is 11.1. The largest absolute Gasteiger partial charge is 0.469 e. The van der Waals surface area contributed by atoms with E-state index >= 15 is 0 Å². The van der Waals surface area contributed by atoms with E-state index in [0.29, 0.717) is 6.42 Å². The number of carbonyl (C=O) groups is 1. The molecule has 0 heterocycles. The number of nitrogen functional groups attached to an aromatic ring is 1. The molecule has 0 aliphatic rings. The predicted molar refractivity (Wildman–Crippen MR) is 55.7 cm³/mol. The Hall–Kier alpha value is -1.51. The van der Waals surface area contributed by atoms with E-state index in [0.717, 1.165) is 11.3 Å². The summed E-state index contributed by atoms with van der Waals surface area (Å²) < 4.78 is 4.64. The molecule has 0 aliphatic heterocycles. The molecule has 0 radical (unpaired) electrons. The molecule has 0 spiro atoms. The summed E-state index contributed by atoms with van der Waals surface area (Å²) >= 11 is 0. The number of carbonyl (C=O) groups excluding carboxylic acids is 1. The minimum Gasteiger partial charge on any atom is -0.469 e. The predicted octanol–water partition coefficient (Wildman–Crippen LogP) is 1.62. The van der Waals surface area contributed by atoms with Crippen LogP contribution in [0.2, 0.25) is 0 Å². The summed E-state index contributed by atoms with van der Waals surface area (Å²) in [4.78, 5) is 11.1. The molecule has 0 saturated heterocycles. The highest BCUT2D eigenvalue weighted by atomic mass is 16.5. The zero-order chi connectivity index (χ0) is 10.6. The van der Waals surface area contributed by atoms with Gasteiger partial charge < -0.3 is 10.5 Å². The van der Waals surface area contributed by atoms with Crippen molar-refractivity contribution in [3.63, 3.8) is 0 Å². The standard InChI is InChI=1S/C11H15NO2/c1-8(11(13)14-2)7-9-3-5-10(12)6-4-9/h3-6,8H,7,12H2,1-2H3/t8-/m0/s1. The molecule has 3 nitrogen and oxygen atoms in total. The van der Waals surface area contributed by atoms with E-state index < -0.39 is 0 Å². The van der Waals surface area contributed by atoms with Gasteiger partial charge in [0.25, 0.3) is 0 Å². The summed E-state index contributed by atoms with van der Waals surface area (Å²) in [7, 11) is 1.40. The lowest BCUT2D eigenvalue weighted by molar-refractivity contribution is -0.144. The van der Waals surface area contributed by atoms with Gasteiger partial charge in [0.2, 0.25) is 0 Å². The van der Waals surface area contributed by atoms with Crippen LogP contribution in [0.15, 0.2) is 24.3 Å². The van der Waals surface area contributed by atoms with Gasteiger partial charge in [0.15, 0.2) is 0 Å². The summed E-state index contributed by atoms with van der Waals surface area (Å²) in [5.41, 5.74) is 7.38. The zero-order valence-corrected chi connectivity index (χ0v) is 8.49. The van der Waals surface area contributed by atoms with E-state index in [1.807, 2.05) is 31.2 Å². The summed E-state index contributed by atoms with van der Waals surface area (Å²) in [6.45, 7) is 1.85. The molecule has 0 aliphatic carbocycles. The van der Waals surface area contributed by atoms with Crippen molar-refractivity contribution in [3.8, 4) is 0 Å². The van der Waals surface area contributed by atoms with Crippen molar-refractivity contribution >= 4 is 11.7 Å². The maximum atomic E-state index is 11.1. The van der Waals surface area contributed by atoms with Crippen LogP contribution in [-0.4, -0.2) is 13.1 Å². The van der Waals surface area contributed by atoms with E-state index in [2.05, 4.69) is 4.74 Å². The highest BCUT2D eigenvalue weighted by Gasteiger charge is 2.13. The average Bonchev–Trinajstić information content (AvgIpc) is 2.20. The molecule has 0 aromatic heterocycles. The molecular formula is C11H15NO2. The van der Waals surface area contributed by atoms with E-state index in [1.54, 1.807) is 0 Å². The Balaban J connectivity index is 2.60. The molecule has 0 unspecified atom stereocenters. The molecule has 1 rings (SSSR count). The summed E-state index contributed by atoms with van der Waals surface area (Å²) in [6.07, 6.45) is 0.687.